The van der Waals surface area contributed by atoms with Crippen LogP contribution in [-0.4, -0.2) is 18.9 Å². The van der Waals surface area contributed by atoms with Gasteiger partial charge in [0.15, 0.2) is 4.91 Å². The zero-order valence-electron chi connectivity index (χ0n) is 10.9. The lowest BCUT2D eigenvalue weighted by molar-refractivity contribution is 0.406. The molecule has 0 spiro atoms. The maximum absolute atomic E-state index is 11.2. The van der Waals surface area contributed by atoms with Crippen LogP contribution in [0.4, 0.5) is 5.69 Å². The van der Waals surface area contributed by atoms with Gasteiger partial charge in [-0.2, -0.15) is 0 Å². The average molecular weight is 283 g/mol. The number of methoxy groups -OCH3 is 1. The number of nitrogens with zero attached hydrogens (tertiary/aromatic N) is 1. The van der Waals surface area contributed by atoms with Crippen molar-refractivity contribution < 1.29 is 9.53 Å². The van der Waals surface area contributed by atoms with E-state index in [4.69, 9.17) is 4.74 Å². The highest BCUT2D eigenvalue weighted by atomic mass is 32.2. The van der Waals surface area contributed by atoms with Gasteiger partial charge in [-0.1, -0.05) is 48.2 Å². The van der Waals surface area contributed by atoms with Crippen molar-refractivity contribution in [3.8, 4) is 0 Å². The molecule has 0 atom stereocenters. The zero-order valence-corrected chi connectivity index (χ0v) is 11.8. The number of hydrogen-bond acceptors (Lipinski definition) is 4. The Bertz CT molecular complexity index is 632. The van der Waals surface area contributed by atoms with Gasteiger partial charge < -0.3 is 4.74 Å². The smallest absolute Gasteiger partial charge is 0.239 e. The molecule has 0 aliphatic heterocycles. The first-order valence-corrected chi connectivity index (χ1v) is 6.81. The van der Waals surface area contributed by atoms with Gasteiger partial charge in [0.2, 0.25) is 5.90 Å². The molecular weight excluding hydrogens is 270 g/mol. The molecule has 0 radical (unpaired) electrons. The van der Waals surface area contributed by atoms with Crippen LogP contribution in [0.3, 0.4) is 0 Å². The minimum absolute atomic E-state index is 0.264. The normalized spacial score (nSPS) is 10.8. The summed E-state index contributed by atoms with van der Waals surface area (Å²) in [5.41, 5.74) is 0.728. The summed E-state index contributed by atoms with van der Waals surface area (Å²) in [5, 5.41) is 0. The fraction of sp³-hybridized carbons (Fsp3) is 0.0625. The third kappa shape index (κ3) is 3.85. The van der Waals surface area contributed by atoms with E-state index in [2.05, 4.69) is 4.99 Å². The molecule has 0 saturated heterocycles. The molecule has 0 unspecified atom stereocenters. The maximum atomic E-state index is 11.2. The summed E-state index contributed by atoms with van der Waals surface area (Å²) < 4.78 is 5.21. The summed E-state index contributed by atoms with van der Waals surface area (Å²) in [5.74, 6) is 2.16. The van der Waals surface area contributed by atoms with Crippen molar-refractivity contribution in [1.82, 2.24) is 0 Å². The molecule has 0 heterocycles. The molecule has 0 amide bonds. The predicted molar refractivity (Wildman–Crippen MR) is 82.1 cm³/mol. The van der Waals surface area contributed by atoms with Crippen molar-refractivity contribution in [2.45, 2.75) is 4.90 Å². The number of rotatable bonds is 4. The molecule has 2 aromatic rings. The van der Waals surface area contributed by atoms with Crippen molar-refractivity contribution in [2.75, 3.05) is 7.11 Å². The molecule has 2 rings (SSSR count). The number of para-hydroxylation sites is 1. The SMILES string of the molecule is COC(=Nc1ccccc1)C(=C=O)Sc1ccccc1. The monoisotopic (exact) mass is 283 g/mol. The summed E-state index contributed by atoms with van der Waals surface area (Å²) in [6, 6.07) is 18.9. The van der Waals surface area contributed by atoms with Gasteiger partial charge in [-0.05, 0) is 24.3 Å². The number of hydrogen-bond donors (Lipinski definition) is 0. The van der Waals surface area contributed by atoms with Crippen LogP contribution in [0, 0.1) is 0 Å². The molecule has 4 heteroatoms. The number of aliphatic imine (C=N–C) groups is 1. The van der Waals surface area contributed by atoms with Gasteiger partial charge in [0, 0.05) is 4.90 Å². The fourth-order valence-electron chi connectivity index (χ4n) is 1.52. The van der Waals surface area contributed by atoms with Crippen LogP contribution in [0.1, 0.15) is 0 Å². The summed E-state index contributed by atoms with van der Waals surface area (Å²) >= 11 is 1.28. The summed E-state index contributed by atoms with van der Waals surface area (Å²) in [7, 11) is 1.49. The Kier molecular flexibility index (Phi) is 5.18. The van der Waals surface area contributed by atoms with Crippen LogP contribution < -0.4 is 0 Å². The van der Waals surface area contributed by atoms with Crippen molar-refractivity contribution in [2.24, 2.45) is 4.99 Å². The van der Waals surface area contributed by atoms with Crippen LogP contribution in [0.25, 0.3) is 0 Å². The zero-order chi connectivity index (χ0) is 14.2. The number of carbonyl (C=O) groups excluding carboxylic acids is 1. The minimum Gasteiger partial charge on any atom is -0.480 e. The van der Waals surface area contributed by atoms with E-state index >= 15 is 0 Å². The Morgan fingerprint density at radius 3 is 2.20 bits per heavy atom. The highest BCUT2D eigenvalue weighted by Gasteiger charge is 2.11. The van der Waals surface area contributed by atoms with Crippen LogP contribution in [0.2, 0.25) is 0 Å². The molecule has 0 saturated carbocycles. The number of thioether (sulfide) groups is 1. The standard InChI is InChI=1S/C16H13NO2S/c1-19-16(17-13-8-4-2-5-9-13)15(12-18)20-14-10-6-3-7-11-14/h2-11H,1H3. The highest BCUT2D eigenvalue weighted by molar-refractivity contribution is 8.04. The average Bonchev–Trinajstić information content (AvgIpc) is 2.52. The Morgan fingerprint density at radius 1 is 1.05 bits per heavy atom. The van der Waals surface area contributed by atoms with E-state index in [0.29, 0.717) is 4.91 Å². The predicted octanol–water partition coefficient (Wildman–Crippen LogP) is 3.87. The molecule has 0 aliphatic carbocycles. The minimum atomic E-state index is 0.264. The quantitative estimate of drug-likeness (QED) is 0.370. The molecule has 0 aliphatic rings. The van der Waals surface area contributed by atoms with Crippen LogP contribution >= 0.6 is 11.8 Å². The molecule has 0 N–H and O–H groups in total. The van der Waals surface area contributed by atoms with Gasteiger partial charge in [-0.15, -0.1) is 0 Å². The Hall–Kier alpha value is -2.29. The maximum Gasteiger partial charge on any atom is 0.239 e. The first kappa shape index (κ1) is 14.1. The molecule has 100 valence electrons. The summed E-state index contributed by atoms with van der Waals surface area (Å²) in [6.45, 7) is 0. The van der Waals surface area contributed by atoms with Gasteiger partial charge in [0.05, 0.1) is 12.8 Å². The fourth-order valence-corrected chi connectivity index (χ4v) is 2.31. The van der Waals surface area contributed by atoms with Gasteiger partial charge in [0.25, 0.3) is 0 Å². The largest absolute Gasteiger partial charge is 0.480 e. The lowest BCUT2D eigenvalue weighted by Crippen LogP contribution is -2.03. The molecule has 0 aromatic heterocycles. The van der Waals surface area contributed by atoms with Crippen LogP contribution in [-0.2, 0) is 9.53 Å². The van der Waals surface area contributed by atoms with Crippen molar-refractivity contribution >= 4 is 29.3 Å². The van der Waals surface area contributed by atoms with E-state index < -0.39 is 0 Å². The van der Waals surface area contributed by atoms with E-state index in [1.807, 2.05) is 66.6 Å². The summed E-state index contributed by atoms with van der Waals surface area (Å²) in [4.78, 5) is 16.7. The third-order valence-electron chi connectivity index (χ3n) is 2.43. The lowest BCUT2D eigenvalue weighted by Gasteiger charge is -2.06. The summed E-state index contributed by atoms with van der Waals surface area (Å²) in [6.07, 6.45) is 0. The second kappa shape index (κ2) is 7.34. The number of benzene rings is 2. The van der Waals surface area contributed by atoms with Gasteiger partial charge in [-0.3, -0.25) is 0 Å². The Labute approximate surface area is 122 Å². The topological polar surface area (TPSA) is 38.7 Å². The van der Waals surface area contributed by atoms with Crippen LogP contribution in [0.15, 0.2) is 75.5 Å². The highest BCUT2D eigenvalue weighted by Crippen LogP contribution is 2.26. The Balaban J connectivity index is 2.25. The van der Waals surface area contributed by atoms with E-state index in [9.17, 15) is 4.79 Å². The first-order chi connectivity index (χ1) is 9.83. The van der Waals surface area contributed by atoms with E-state index in [-0.39, 0.29) is 5.90 Å². The molecule has 2 aromatic carbocycles. The van der Waals surface area contributed by atoms with Gasteiger partial charge >= 0.3 is 0 Å². The molecule has 0 bridgehead atoms. The first-order valence-electron chi connectivity index (χ1n) is 5.99. The van der Waals surface area contributed by atoms with E-state index in [1.54, 1.807) is 0 Å². The second-order valence-corrected chi connectivity index (χ2v) is 4.89. The second-order valence-electron chi connectivity index (χ2n) is 3.80. The molecular formula is C16H13NO2S. The van der Waals surface area contributed by atoms with E-state index in [1.165, 1.54) is 18.9 Å². The number of ether oxygens (including phenoxy) is 1. The van der Waals surface area contributed by atoms with E-state index in [0.717, 1.165) is 10.6 Å². The van der Waals surface area contributed by atoms with Gasteiger partial charge in [0.1, 0.15) is 5.94 Å². The lowest BCUT2D eigenvalue weighted by atomic mass is 10.3. The molecule has 3 nitrogen and oxygen atoms in total. The van der Waals surface area contributed by atoms with Crippen molar-refractivity contribution in [3.05, 3.63) is 65.6 Å². The molecule has 0 fully saturated rings. The van der Waals surface area contributed by atoms with Crippen molar-refractivity contribution in [1.29, 1.82) is 0 Å². The Morgan fingerprint density at radius 2 is 1.65 bits per heavy atom. The van der Waals surface area contributed by atoms with Crippen molar-refractivity contribution in [3.63, 3.8) is 0 Å². The third-order valence-corrected chi connectivity index (χ3v) is 3.40. The van der Waals surface area contributed by atoms with Gasteiger partial charge in [-0.25, -0.2) is 9.79 Å². The molecule has 20 heavy (non-hydrogen) atoms. The van der Waals surface area contributed by atoms with Crippen LogP contribution in [0.5, 0.6) is 0 Å².